The first-order chi connectivity index (χ1) is 19.7. The van der Waals surface area contributed by atoms with Crippen molar-refractivity contribution >= 4 is 5.57 Å². The Balaban J connectivity index is 0. The summed E-state index contributed by atoms with van der Waals surface area (Å²) in [5.74, 6) is 1.81. The van der Waals surface area contributed by atoms with Gasteiger partial charge in [-0.2, -0.15) is 5.26 Å². The smallest absolute Gasteiger partial charge is 0.0587 e. The van der Waals surface area contributed by atoms with Crippen LogP contribution < -0.4 is 5.32 Å². The summed E-state index contributed by atoms with van der Waals surface area (Å²) in [5, 5.41) is 10.9. The van der Waals surface area contributed by atoms with Crippen molar-refractivity contribution in [2.45, 2.75) is 133 Å². The highest BCUT2D eigenvalue weighted by atomic mass is 14.8. The fraction of sp³-hybridized carbons (Fsp3) is 0.615. The first kappa shape index (κ1) is 40.8. The van der Waals surface area contributed by atoms with Crippen LogP contribution in [0.15, 0.2) is 60.2 Å². The largest absolute Gasteiger partial charge is 0.316 e. The lowest BCUT2D eigenvalue weighted by Gasteiger charge is -2.16. The number of benzene rings is 1. The SMILES string of the molecule is C=C(C)C1=CC=C(CC(C)C)CC1.C=C(C)c1cccc(C)c1CCNCCCC1CCCC1.CC.CC.CC#N. The molecule has 1 aromatic rings. The van der Waals surface area contributed by atoms with Crippen LogP contribution in [0.4, 0.5) is 0 Å². The Labute approximate surface area is 257 Å². The predicted octanol–water partition coefficient (Wildman–Crippen LogP) is 12.0. The molecule has 2 heteroatoms. The zero-order chi connectivity index (χ0) is 31.6. The minimum Gasteiger partial charge on any atom is -0.316 e. The summed E-state index contributed by atoms with van der Waals surface area (Å²) < 4.78 is 0. The van der Waals surface area contributed by atoms with Gasteiger partial charge in [-0.25, -0.2) is 0 Å². The van der Waals surface area contributed by atoms with E-state index in [1.54, 1.807) is 11.6 Å². The minimum absolute atomic E-state index is 0.783. The molecular weight excluding hydrogens is 496 g/mol. The first-order valence-corrected chi connectivity index (χ1v) is 16.5. The highest BCUT2D eigenvalue weighted by molar-refractivity contribution is 5.65. The zero-order valence-electron chi connectivity index (χ0n) is 28.9. The Morgan fingerprint density at radius 1 is 0.976 bits per heavy atom. The Morgan fingerprint density at radius 2 is 1.59 bits per heavy atom. The molecule has 1 N–H and O–H groups in total. The van der Waals surface area contributed by atoms with E-state index in [4.69, 9.17) is 5.26 Å². The maximum Gasteiger partial charge on any atom is 0.0587 e. The molecule has 1 fully saturated rings. The molecule has 2 nitrogen and oxygen atoms in total. The second kappa shape index (κ2) is 26.5. The topological polar surface area (TPSA) is 35.8 Å². The molecule has 0 amide bonds. The number of nitrogens with one attached hydrogen (secondary N) is 1. The molecule has 0 atom stereocenters. The van der Waals surface area contributed by atoms with Crippen LogP contribution in [0.1, 0.15) is 137 Å². The summed E-state index contributed by atoms with van der Waals surface area (Å²) in [6.07, 6.45) is 18.0. The van der Waals surface area contributed by atoms with Gasteiger partial charge in [-0.15, -0.1) is 0 Å². The lowest BCUT2D eigenvalue weighted by atomic mass is 9.90. The van der Waals surface area contributed by atoms with Gasteiger partial charge in [0.1, 0.15) is 0 Å². The van der Waals surface area contributed by atoms with Gasteiger partial charge in [-0.05, 0) is 106 Å². The maximum atomic E-state index is 7.32. The molecule has 0 spiro atoms. The van der Waals surface area contributed by atoms with Gasteiger partial charge in [0.05, 0.1) is 6.07 Å². The molecule has 0 radical (unpaired) electrons. The average Bonchev–Trinajstić information content (AvgIpc) is 3.48. The zero-order valence-corrected chi connectivity index (χ0v) is 28.9. The standard InChI is InChI=1S/C20H31N.C13H20.C2H3N.2C2H6/c1-16(2)19-12-6-8-17(3)20(19)13-15-21-14-7-11-18-9-4-5-10-18;1-10(2)9-12-5-7-13(8-6-12)11(3)4;1-2-3;2*1-2/h6,8,12,18,21H,1,4-5,7,9-11,13-15H2,2-3H3;5,7,10H,3,6,8-9H2,1-2,4H3;1H3;2*1-2H3. The number of hydrogen-bond donors (Lipinski definition) is 1. The molecule has 232 valence electrons. The molecule has 0 aliphatic heterocycles. The molecular formula is C39H66N2. The van der Waals surface area contributed by atoms with Gasteiger partial charge in [0, 0.05) is 6.92 Å². The van der Waals surface area contributed by atoms with Gasteiger partial charge in [0.2, 0.25) is 0 Å². The van der Waals surface area contributed by atoms with E-state index in [-0.39, 0.29) is 0 Å². The molecule has 2 aliphatic carbocycles. The summed E-state index contributed by atoms with van der Waals surface area (Å²) in [6, 6.07) is 8.30. The second-order valence-electron chi connectivity index (χ2n) is 11.3. The van der Waals surface area contributed by atoms with Crippen LogP contribution >= 0.6 is 0 Å². The van der Waals surface area contributed by atoms with Crippen molar-refractivity contribution in [2.75, 3.05) is 13.1 Å². The summed E-state index contributed by atoms with van der Waals surface area (Å²) in [6.45, 7) is 30.7. The molecule has 1 saturated carbocycles. The number of nitriles is 1. The quantitative estimate of drug-likeness (QED) is 0.272. The van der Waals surface area contributed by atoms with Crippen LogP contribution in [0.25, 0.3) is 5.57 Å². The van der Waals surface area contributed by atoms with Crippen molar-refractivity contribution in [2.24, 2.45) is 11.8 Å². The predicted molar refractivity (Wildman–Crippen MR) is 187 cm³/mol. The van der Waals surface area contributed by atoms with E-state index >= 15 is 0 Å². The van der Waals surface area contributed by atoms with Gasteiger partial charge in [-0.1, -0.05) is 127 Å². The third kappa shape index (κ3) is 19.4. The van der Waals surface area contributed by atoms with E-state index in [0.717, 1.165) is 24.8 Å². The Morgan fingerprint density at radius 3 is 2.07 bits per heavy atom. The average molecular weight is 563 g/mol. The number of allylic oxidation sites excluding steroid dienone is 6. The van der Waals surface area contributed by atoms with Crippen LogP contribution in [0.3, 0.4) is 0 Å². The van der Waals surface area contributed by atoms with Crippen molar-refractivity contribution in [1.82, 2.24) is 5.32 Å². The van der Waals surface area contributed by atoms with Crippen LogP contribution in [-0.2, 0) is 6.42 Å². The first-order valence-electron chi connectivity index (χ1n) is 16.5. The molecule has 0 unspecified atom stereocenters. The monoisotopic (exact) mass is 563 g/mol. The Bertz CT molecular complexity index is 933. The van der Waals surface area contributed by atoms with E-state index in [9.17, 15) is 0 Å². The van der Waals surface area contributed by atoms with Gasteiger partial charge in [0.15, 0.2) is 0 Å². The van der Waals surface area contributed by atoms with Crippen LogP contribution in [0.2, 0.25) is 0 Å². The number of nitrogens with zero attached hydrogens (tertiary/aromatic N) is 1. The molecule has 41 heavy (non-hydrogen) atoms. The van der Waals surface area contributed by atoms with E-state index < -0.39 is 0 Å². The highest BCUT2D eigenvalue weighted by Gasteiger charge is 2.14. The van der Waals surface area contributed by atoms with Crippen LogP contribution in [0.5, 0.6) is 0 Å². The van der Waals surface area contributed by atoms with Crippen molar-refractivity contribution in [1.29, 1.82) is 5.26 Å². The number of aryl methyl sites for hydroxylation is 1. The van der Waals surface area contributed by atoms with Crippen LogP contribution in [-0.4, -0.2) is 13.1 Å². The molecule has 1 aromatic carbocycles. The minimum atomic E-state index is 0.783. The van der Waals surface area contributed by atoms with Crippen molar-refractivity contribution in [3.05, 3.63) is 76.9 Å². The highest BCUT2D eigenvalue weighted by Crippen LogP contribution is 2.28. The number of rotatable bonds is 11. The third-order valence-corrected chi connectivity index (χ3v) is 7.32. The Kier molecular flexibility index (Phi) is 26.4. The third-order valence-electron chi connectivity index (χ3n) is 7.32. The fourth-order valence-electron chi connectivity index (χ4n) is 5.32. The number of hydrogen-bond acceptors (Lipinski definition) is 2. The molecule has 0 bridgehead atoms. The molecule has 0 aromatic heterocycles. The van der Waals surface area contributed by atoms with E-state index in [0.29, 0.717) is 0 Å². The maximum absolute atomic E-state index is 7.32. The van der Waals surface area contributed by atoms with Crippen molar-refractivity contribution in [3.8, 4) is 6.07 Å². The second-order valence-corrected chi connectivity index (χ2v) is 11.3. The molecule has 2 aliphatic rings. The molecule has 0 saturated heterocycles. The summed E-state index contributed by atoms with van der Waals surface area (Å²) in [5.41, 5.74) is 9.61. The summed E-state index contributed by atoms with van der Waals surface area (Å²) in [4.78, 5) is 0. The summed E-state index contributed by atoms with van der Waals surface area (Å²) in [7, 11) is 0. The van der Waals surface area contributed by atoms with Gasteiger partial charge in [-0.3, -0.25) is 0 Å². The van der Waals surface area contributed by atoms with E-state index in [2.05, 4.69) is 83.4 Å². The molecule has 3 rings (SSSR count). The Hall–Kier alpha value is -2.37. The molecule has 0 heterocycles. The van der Waals surface area contributed by atoms with Gasteiger partial charge >= 0.3 is 0 Å². The normalized spacial score (nSPS) is 13.8. The van der Waals surface area contributed by atoms with Crippen molar-refractivity contribution in [3.63, 3.8) is 0 Å². The summed E-state index contributed by atoms with van der Waals surface area (Å²) >= 11 is 0. The van der Waals surface area contributed by atoms with Gasteiger partial charge in [0.25, 0.3) is 0 Å². The van der Waals surface area contributed by atoms with Gasteiger partial charge < -0.3 is 5.32 Å². The van der Waals surface area contributed by atoms with E-state index in [1.165, 1.54) is 105 Å². The van der Waals surface area contributed by atoms with Crippen LogP contribution in [0, 0.1) is 30.1 Å². The fourth-order valence-corrected chi connectivity index (χ4v) is 5.32. The lowest BCUT2D eigenvalue weighted by molar-refractivity contribution is 0.471. The van der Waals surface area contributed by atoms with E-state index in [1.807, 2.05) is 27.7 Å². The van der Waals surface area contributed by atoms with Crippen molar-refractivity contribution < 1.29 is 0 Å². The lowest BCUT2D eigenvalue weighted by Crippen LogP contribution is -2.19.